The molecule has 0 unspecified atom stereocenters. The molecule has 0 saturated carbocycles. The second-order valence-corrected chi connectivity index (χ2v) is 8.89. The van der Waals surface area contributed by atoms with Gasteiger partial charge in [0, 0.05) is 19.1 Å². The van der Waals surface area contributed by atoms with E-state index in [2.05, 4.69) is 10.8 Å². The molecule has 1 amide bonds. The van der Waals surface area contributed by atoms with Crippen LogP contribution in [0, 0.1) is 13.8 Å². The van der Waals surface area contributed by atoms with Gasteiger partial charge in [-0.05, 0) is 56.4 Å². The summed E-state index contributed by atoms with van der Waals surface area (Å²) in [4.78, 5) is 14.1. The Labute approximate surface area is 157 Å². The predicted octanol–water partition coefficient (Wildman–Crippen LogP) is 2.39. The Morgan fingerprint density at radius 1 is 1.19 bits per heavy atom. The molecule has 1 aromatic carbocycles. The van der Waals surface area contributed by atoms with Crippen LogP contribution in [0.2, 0.25) is 0 Å². The second-order valence-electron chi connectivity index (χ2n) is 7.01. The highest BCUT2D eigenvalue weighted by Crippen LogP contribution is 2.17. The van der Waals surface area contributed by atoms with E-state index >= 15 is 0 Å². The summed E-state index contributed by atoms with van der Waals surface area (Å²) in [5.41, 5.74) is 2.28. The molecule has 6 nitrogen and oxygen atoms in total. The van der Waals surface area contributed by atoms with Gasteiger partial charge >= 0.3 is 0 Å². The van der Waals surface area contributed by atoms with Crippen molar-refractivity contribution in [1.82, 2.24) is 9.62 Å². The van der Waals surface area contributed by atoms with Crippen LogP contribution in [-0.2, 0) is 14.8 Å². The summed E-state index contributed by atoms with van der Waals surface area (Å²) < 4.78 is 32.1. The van der Waals surface area contributed by atoms with Gasteiger partial charge in [-0.25, -0.2) is 13.1 Å². The summed E-state index contributed by atoms with van der Waals surface area (Å²) >= 11 is 0. The van der Waals surface area contributed by atoms with Gasteiger partial charge in [-0.2, -0.15) is 0 Å². The summed E-state index contributed by atoms with van der Waals surface area (Å²) in [6, 6.07) is 5.94. The highest BCUT2D eigenvalue weighted by atomic mass is 32.2. The van der Waals surface area contributed by atoms with Crippen LogP contribution in [0.3, 0.4) is 0 Å². The van der Waals surface area contributed by atoms with E-state index in [-0.39, 0.29) is 17.7 Å². The maximum Gasteiger partial charge on any atom is 0.225 e. The number of hydrogen-bond acceptors (Lipinski definition) is 4. The normalized spacial score (nSPS) is 15.9. The Kier molecular flexibility index (Phi) is 7.46. The molecule has 7 heteroatoms. The maximum absolute atomic E-state index is 12.3. The minimum absolute atomic E-state index is 0.0595. The first-order valence-electron chi connectivity index (χ1n) is 9.28. The summed E-state index contributed by atoms with van der Waals surface area (Å²) in [6.07, 6.45) is 2.26. The number of likely N-dealkylation sites (tertiary alicyclic amines) is 1. The summed E-state index contributed by atoms with van der Waals surface area (Å²) in [7, 11) is -3.19. The van der Waals surface area contributed by atoms with E-state index in [1.807, 2.05) is 32.9 Å². The molecular formula is C19H30N2O4S. The van der Waals surface area contributed by atoms with Crippen LogP contribution in [0.4, 0.5) is 0 Å². The molecule has 1 N–H and O–H groups in total. The maximum atomic E-state index is 12.3. The van der Waals surface area contributed by atoms with Gasteiger partial charge in [-0.1, -0.05) is 13.0 Å². The van der Waals surface area contributed by atoms with Crippen molar-refractivity contribution in [2.24, 2.45) is 0 Å². The van der Waals surface area contributed by atoms with Crippen molar-refractivity contribution in [3.05, 3.63) is 29.3 Å². The van der Waals surface area contributed by atoms with Gasteiger partial charge < -0.3 is 9.64 Å². The molecule has 26 heavy (non-hydrogen) atoms. The monoisotopic (exact) mass is 382 g/mol. The van der Waals surface area contributed by atoms with Crippen LogP contribution >= 0.6 is 0 Å². The molecule has 1 heterocycles. The van der Waals surface area contributed by atoms with Crippen LogP contribution < -0.4 is 9.46 Å². The van der Waals surface area contributed by atoms with E-state index < -0.39 is 10.0 Å². The average molecular weight is 383 g/mol. The molecule has 1 aliphatic heterocycles. The summed E-state index contributed by atoms with van der Waals surface area (Å²) in [5, 5.41) is 0. The van der Waals surface area contributed by atoms with Crippen LogP contribution in [0.25, 0.3) is 0 Å². The van der Waals surface area contributed by atoms with Crippen LogP contribution in [-0.4, -0.2) is 50.7 Å². The number of rotatable bonds is 8. The highest BCUT2D eigenvalue weighted by Gasteiger charge is 2.25. The average Bonchev–Trinajstić information content (AvgIpc) is 2.54. The standard InChI is InChI=1S/C19H30N2O4S/c1-4-11-26(23,24)20-17-5-8-21(9-6-17)19(22)7-10-25-18-13-15(2)12-16(3)14-18/h12-14,17,20H,4-11H2,1-3H3. The third-order valence-corrected chi connectivity index (χ3v) is 6.08. The summed E-state index contributed by atoms with van der Waals surface area (Å²) in [5.74, 6) is 1.01. The van der Waals surface area contributed by atoms with Crippen LogP contribution in [0.15, 0.2) is 18.2 Å². The molecule has 0 spiro atoms. The molecule has 1 aliphatic rings. The third kappa shape index (κ3) is 6.61. The molecule has 146 valence electrons. The number of nitrogens with one attached hydrogen (secondary N) is 1. The lowest BCUT2D eigenvalue weighted by Gasteiger charge is -2.32. The molecule has 0 atom stereocenters. The van der Waals surface area contributed by atoms with Crippen molar-refractivity contribution >= 4 is 15.9 Å². The first-order chi connectivity index (χ1) is 12.3. The molecule has 0 aliphatic carbocycles. The van der Waals surface area contributed by atoms with Gasteiger partial charge in [0.1, 0.15) is 5.75 Å². The zero-order valence-corrected chi connectivity index (χ0v) is 16.8. The number of benzene rings is 1. The Bertz CT molecular complexity index is 690. The SMILES string of the molecule is CCCS(=O)(=O)NC1CCN(C(=O)CCOc2cc(C)cc(C)c2)CC1. The topological polar surface area (TPSA) is 75.7 Å². The van der Waals surface area contributed by atoms with E-state index in [0.29, 0.717) is 45.4 Å². The molecule has 0 aromatic heterocycles. The minimum atomic E-state index is -3.19. The number of carbonyl (C=O) groups excluding carboxylic acids is 1. The quantitative estimate of drug-likeness (QED) is 0.749. The summed E-state index contributed by atoms with van der Waals surface area (Å²) in [6.45, 7) is 7.41. The number of aryl methyl sites for hydroxylation is 2. The van der Waals surface area contributed by atoms with Crippen LogP contribution in [0.5, 0.6) is 5.75 Å². The number of nitrogens with zero attached hydrogens (tertiary/aromatic N) is 1. The fraction of sp³-hybridized carbons (Fsp3) is 0.632. The van der Waals surface area contributed by atoms with Gasteiger partial charge in [0.2, 0.25) is 15.9 Å². The predicted molar refractivity (Wildman–Crippen MR) is 103 cm³/mol. The van der Waals surface area contributed by atoms with E-state index in [1.165, 1.54) is 0 Å². The van der Waals surface area contributed by atoms with Crippen molar-refractivity contribution in [2.75, 3.05) is 25.4 Å². The van der Waals surface area contributed by atoms with E-state index in [4.69, 9.17) is 4.74 Å². The number of ether oxygens (including phenoxy) is 1. The number of carbonyl (C=O) groups is 1. The number of amides is 1. The van der Waals surface area contributed by atoms with Gasteiger partial charge in [-0.15, -0.1) is 0 Å². The first-order valence-corrected chi connectivity index (χ1v) is 10.9. The van der Waals surface area contributed by atoms with Crippen molar-refractivity contribution in [3.8, 4) is 5.75 Å². The zero-order valence-electron chi connectivity index (χ0n) is 16.0. The van der Waals surface area contributed by atoms with Gasteiger partial charge in [0.25, 0.3) is 0 Å². The fourth-order valence-electron chi connectivity index (χ4n) is 3.26. The Hall–Kier alpha value is -1.60. The fourth-order valence-corrected chi connectivity index (χ4v) is 4.66. The lowest BCUT2D eigenvalue weighted by atomic mass is 10.1. The van der Waals surface area contributed by atoms with Crippen molar-refractivity contribution in [3.63, 3.8) is 0 Å². The molecule has 0 bridgehead atoms. The second kappa shape index (κ2) is 9.37. The molecule has 2 rings (SSSR count). The van der Waals surface area contributed by atoms with E-state index in [9.17, 15) is 13.2 Å². The zero-order chi connectivity index (χ0) is 19.2. The molecule has 1 aromatic rings. The largest absolute Gasteiger partial charge is 0.493 e. The number of hydrogen-bond donors (Lipinski definition) is 1. The first kappa shape index (κ1) is 20.7. The molecule has 1 fully saturated rings. The Morgan fingerprint density at radius 2 is 1.81 bits per heavy atom. The molecule has 1 saturated heterocycles. The minimum Gasteiger partial charge on any atom is -0.493 e. The van der Waals surface area contributed by atoms with Crippen molar-refractivity contribution < 1.29 is 17.9 Å². The van der Waals surface area contributed by atoms with Crippen molar-refractivity contribution in [2.45, 2.75) is 52.5 Å². The van der Waals surface area contributed by atoms with E-state index in [1.54, 1.807) is 4.90 Å². The Morgan fingerprint density at radius 3 is 2.38 bits per heavy atom. The van der Waals surface area contributed by atoms with Gasteiger partial charge in [-0.3, -0.25) is 4.79 Å². The van der Waals surface area contributed by atoms with Gasteiger partial charge in [0.15, 0.2) is 0 Å². The lowest BCUT2D eigenvalue weighted by Crippen LogP contribution is -2.47. The number of sulfonamides is 1. The third-order valence-electron chi connectivity index (χ3n) is 4.45. The molecule has 0 radical (unpaired) electrons. The highest BCUT2D eigenvalue weighted by molar-refractivity contribution is 7.89. The smallest absolute Gasteiger partial charge is 0.225 e. The van der Waals surface area contributed by atoms with E-state index in [0.717, 1.165) is 16.9 Å². The Balaban J connectivity index is 1.73. The number of piperidine rings is 1. The van der Waals surface area contributed by atoms with Crippen LogP contribution in [0.1, 0.15) is 43.7 Å². The van der Waals surface area contributed by atoms with Crippen molar-refractivity contribution in [1.29, 1.82) is 0 Å². The lowest BCUT2D eigenvalue weighted by molar-refractivity contribution is -0.132. The van der Waals surface area contributed by atoms with Gasteiger partial charge in [0.05, 0.1) is 18.8 Å². The molecular weight excluding hydrogens is 352 g/mol.